The number of aromatic nitrogens is 3. The summed E-state index contributed by atoms with van der Waals surface area (Å²) in [6.07, 6.45) is 1.35. The molecule has 0 bridgehead atoms. The summed E-state index contributed by atoms with van der Waals surface area (Å²) in [5.74, 6) is 0. The summed E-state index contributed by atoms with van der Waals surface area (Å²) in [6.45, 7) is 5.26. The lowest BCUT2D eigenvalue weighted by atomic mass is 10.3. The van der Waals surface area contributed by atoms with Gasteiger partial charge in [0.15, 0.2) is 4.21 Å². The van der Waals surface area contributed by atoms with E-state index in [1.165, 1.54) is 6.20 Å². The SMILES string of the molecule is Cc1ncc(S(=O)(=O)Nc2c(C)n[nH]c2C)s1. The molecule has 0 aromatic carbocycles. The number of sulfonamides is 1. The Morgan fingerprint density at radius 2 is 2.06 bits per heavy atom. The first-order chi connectivity index (χ1) is 7.90. The van der Waals surface area contributed by atoms with E-state index < -0.39 is 10.0 Å². The minimum Gasteiger partial charge on any atom is -0.280 e. The van der Waals surface area contributed by atoms with Crippen molar-refractivity contribution in [3.05, 3.63) is 22.6 Å². The Kier molecular flexibility index (Phi) is 2.92. The summed E-state index contributed by atoms with van der Waals surface area (Å²) in [6, 6.07) is 0. The molecule has 2 N–H and O–H groups in total. The maximum Gasteiger partial charge on any atom is 0.273 e. The highest BCUT2D eigenvalue weighted by molar-refractivity contribution is 7.94. The van der Waals surface area contributed by atoms with Crippen molar-refractivity contribution < 1.29 is 8.42 Å². The first kappa shape index (κ1) is 12.1. The molecule has 0 radical (unpaired) electrons. The van der Waals surface area contributed by atoms with Gasteiger partial charge in [-0.25, -0.2) is 13.4 Å². The van der Waals surface area contributed by atoms with Crippen molar-refractivity contribution in [2.45, 2.75) is 25.0 Å². The molecule has 2 aromatic rings. The highest BCUT2D eigenvalue weighted by atomic mass is 32.2. The molecular weight excluding hydrogens is 260 g/mol. The van der Waals surface area contributed by atoms with Gasteiger partial charge in [0.1, 0.15) is 0 Å². The number of nitrogens with zero attached hydrogens (tertiary/aromatic N) is 2. The van der Waals surface area contributed by atoms with Crippen molar-refractivity contribution in [2.24, 2.45) is 0 Å². The van der Waals surface area contributed by atoms with Gasteiger partial charge in [-0.2, -0.15) is 5.10 Å². The standard InChI is InChI=1S/C9H12N4O2S2/c1-5-9(6(2)12-11-5)13-17(14,15)8-4-10-7(3)16-8/h4,13H,1-3H3,(H,11,12). The van der Waals surface area contributed by atoms with Gasteiger partial charge in [0.05, 0.1) is 28.3 Å². The number of H-pyrrole nitrogens is 1. The molecule has 0 aliphatic carbocycles. The van der Waals surface area contributed by atoms with Gasteiger partial charge in [0, 0.05) is 0 Å². The molecule has 2 aromatic heterocycles. The van der Waals surface area contributed by atoms with Crippen LogP contribution in [0.5, 0.6) is 0 Å². The largest absolute Gasteiger partial charge is 0.280 e. The van der Waals surface area contributed by atoms with E-state index in [1.807, 2.05) is 0 Å². The number of hydrogen-bond donors (Lipinski definition) is 2. The van der Waals surface area contributed by atoms with Gasteiger partial charge in [0.2, 0.25) is 0 Å². The summed E-state index contributed by atoms with van der Waals surface area (Å²) in [5.41, 5.74) is 1.80. The molecule has 2 heterocycles. The highest BCUT2D eigenvalue weighted by Gasteiger charge is 2.20. The van der Waals surface area contributed by atoms with Crippen LogP contribution in [0.25, 0.3) is 0 Å². The summed E-state index contributed by atoms with van der Waals surface area (Å²) in [5, 5.41) is 7.38. The molecule has 0 unspecified atom stereocenters. The highest BCUT2D eigenvalue weighted by Crippen LogP contribution is 2.24. The lowest BCUT2D eigenvalue weighted by Gasteiger charge is -2.05. The first-order valence-corrected chi connectivity index (χ1v) is 7.17. The minimum atomic E-state index is -3.56. The van der Waals surface area contributed by atoms with Crippen molar-refractivity contribution in [3.8, 4) is 0 Å². The maximum absolute atomic E-state index is 12.0. The number of rotatable bonds is 3. The fourth-order valence-electron chi connectivity index (χ4n) is 1.35. The summed E-state index contributed by atoms with van der Waals surface area (Å²) in [7, 11) is -3.56. The molecular formula is C9H12N4O2S2. The zero-order valence-electron chi connectivity index (χ0n) is 9.60. The third kappa shape index (κ3) is 2.32. The Hall–Kier alpha value is -1.41. The molecule has 0 fully saturated rings. The Morgan fingerprint density at radius 3 is 2.53 bits per heavy atom. The van der Waals surface area contributed by atoms with E-state index in [1.54, 1.807) is 20.8 Å². The van der Waals surface area contributed by atoms with E-state index in [-0.39, 0.29) is 4.21 Å². The molecule has 2 rings (SSSR count). The van der Waals surface area contributed by atoms with Crippen LogP contribution in [0, 0.1) is 20.8 Å². The lowest BCUT2D eigenvalue weighted by molar-refractivity contribution is 0.603. The Bertz CT molecular complexity index is 622. The predicted octanol–water partition coefficient (Wildman–Crippen LogP) is 1.59. The first-order valence-electron chi connectivity index (χ1n) is 4.87. The Morgan fingerprint density at radius 1 is 1.35 bits per heavy atom. The molecule has 0 amide bonds. The quantitative estimate of drug-likeness (QED) is 0.888. The van der Waals surface area contributed by atoms with Crippen molar-refractivity contribution in [2.75, 3.05) is 4.72 Å². The van der Waals surface area contributed by atoms with Gasteiger partial charge in [-0.3, -0.25) is 9.82 Å². The van der Waals surface area contributed by atoms with E-state index in [2.05, 4.69) is 19.9 Å². The van der Waals surface area contributed by atoms with E-state index in [4.69, 9.17) is 0 Å². The number of aryl methyl sites for hydroxylation is 3. The van der Waals surface area contributed by atoms with E-state index >= 15 is 0 Å². The second kappa shape index (κ2) is 4.11. The number of thiazole rings is 1. The van der Waals surface area contributed by atoms with Gasteiger partial charge >= 0.3 is 0 Å². The van der Waals surface area contributed by atoms with Crippen molar-refractivity contribution in [1.82, 2.24) is 15.2 Å². The smallest absolute Gasteiger partial charge is 0.273 e. The monoisotopic (exact) mass is 272 g/mol. The number of anilines is 1. The van der Waals surface area contributed by atoms with Gasteiger partial charge in [-0.05, 0) is 20.8 Å². The summed E-state index contributed by atoms with van der Waals surface area (Å²) in [4.78, 5) is 3.93. The van der Waals surface area contributed by atoms with Gasteiger partial charge in [0.25, 0.3) is 10.0 Å². The molecule has 0 saturated carbocycles. The normalized spacial score (nSPS) is 11.7. The summed E-state index contributed by atoms with van der Waals surface area (Å²) >= 11 is 1.14. The van der Waals surface area contributed by atoms with Crippen LogP contribution < -0.4 is 4.72 Å². The van der Waals surface area contributed by atoms with Gasteiger partial charge in [-0.15, -0.1) is 11.3 Å². The topological polar surface area (TPSA) is 87.7 Å². The third-order valence-corrected chi connectivity index (χ3v) is 4.95. The number of nitrogens with one attached hydrogen (secondary N) is 2. The average Bonchev–Trinajstić information content (AvgIpc) is 2.80. The molecule has 0 aliphatic heterocycles. The van der Waals surface area contributed by atoms with Crippen LogP contribution in [-0.4, -0.2) is 23.6 Å². The second-order valence-corrected chi connectivity index (χ2v) is 6.76. The fraction of sp³-hybridized carbons (Fsp3) is 0.333. The zero-order valence-corrected chi connectivity index (χ0v) is 11.2. The molecule has 0 atom stereocenters. The molecule has 8 heteroatoms. The molecule has 92 valence electrons. The number of aromatic amines is 1. The van der Waals surface area contributed by atoms with Crippen LogP contribution in [0.15, 0.2) is 10.4 Å². The average molecular weight is 272 g/mol. The Balaban J connectivity index is 2.36. The van der Waals surface area contributed by atoms with Crippen LogP contribution in [0.1, 0.15) is 16.4 Å². The van der Waals surface area contributed by atoms with Crippen LogP contribution in [-0.2, 0) is 10.0 Å². The van der Waals surface area contributed by atoms with E-state index in [0.29, 0.717) is 22.1 Å². The molecule has 17 heavy (non-hydrogen) atoms. The van der Waals surface area contributed by atoms with Crippen LogP contribution in [0.3, 0.4) is 0 Å². The van der Waals surface area contributed by atoms with Crippen LogP contribution >= 0.6 is 11.3 Å². The van der Waals surface area contributed by atoms with Gasteiger partial charge in [-0.1, -0.05) is 0 Å². The van der Waals surface area contributed by atoms with Crippen LogP contribution in [0.4, 0.5) is 5.69 Å². The lowest BCUT2D eigenvalue weighted by Crippen LogP contribution is -2.12. The summed E-state index contributed by atoms with van der Waals surface area (Å²) < 4.78 is 26.8. The molecule has 0 spiro atoms. The van der Waals surface area contributed by atoms with Crippen molar-refractivity contribution in [1.29, 1.82) is 0 Å². The maximum atomic E-state index is 12.0. The predicted molar refractivity (Wildman–Crippen MR) is 65.7 cm³/mol. The van der Waals surface area contributed by atoms with Crippen LogP contribution in [0.2, 0.25) is 0 Å². The minimum absolute atomic E-state index is 0.204. The van der Waals surface area contributed by atoms with Gasteiger partial charge < -0.3 is 0 Å². The zero-order chi connectivity index (χ0) is 12.6. The van der Waals surface area contributed by atoms with E-state index in [9.17, 15) is 8.42 Å². The van der Waals surface area contributed by atoms with Crippen molar-refractivity contribution >= 4 is 27.0 Å². The molecule has 0 saturated heterocycles. The third-order valence-electron chi connectivity index (χ3n) is 2.23. The Labute approximate surface area is 103 Å². The fourth-order valence-corrected chi connectivity index (χ4v) is 3.64. The molecule has 0 aliphatic rings. The van der Waals surface area contributed by atoms with E-state index in [0.717, 1.165) is 11.3 Å². The van der Waals surface area contributed by atoms with Crippen molar-refractivity contribution in [3.63, 3.8) is 0 Å². The second-order valence-electron chi connectivity index (χ2n) is 3.61. The number of hydrogen-bond acceptors (Lipinski definition) is 5. The molecule has 6 nitrogen and oxygen atoms in total.